The predicted molar refractivity (Wildman–Crippen MR) is 96.5 cm³/mol. The van der Waals surface area contributed by atoms with E-state index in [1.54, 1.807) is 6.20 Å². The van der Waals surface area contributed by atoms with Crippen LogP contribution in [0.3, 0.4) is 0 Å². The number of amides is 1. The Balaban J connectivity index is 1.57. The van der Waals surface area contributed by atoms with Crippen LogP contribution in [-0.4, -0.2) is 20.5 Å². The second-order valence-electron chi connectivity index (χ2n) is 7.04. The molecule has 0 aliphatic heterocycles. The second kappa shape index (κ2) is 6.31. The lowest BCUT2D eigenvalue weighted by Gasteiger charge is -2.21. The van der Waals surface area contributed by atoms with E-state index in [2.05, 4.69) is 29.2 Å². The van der Waals surface area contributed by atoms with Crippen molar-refractivity contribution in [3.8, 4) is 0 Å². The van der Waals surface area contributed by atoms with Crippen molar-refractivity contribution in [2.75, 3.05) is 0 Å². The van der Waals surface area contributed by atoms with E-state index in [9.17, 15) is 4.79 Å². The summed E-state index contributed by atoms with van der Waals surface area (Å²) in [4.78, 5) is 17.1. The molecule has 1 aromatic carbocycles. The number of aromatic nitrogens is 3. The first-order chi connectivity index (χ1) is 12.1. The van der Waals surface area contributed by atoms with Crippen LogP contribution in [0.1, 0.15) is 46.1 Å². The third-order valence-electron chi connectivity index (χ3n) is 4.97. The van der Waals surface area contributed by atoms with Crippen molar-refractivity contribution >= 4 is 11.6 Å². The molecule has 0 fully saturated rings. The van der Waals surface area contributed by atoms with Gasteiger partial charge in [0.15, 0.2) is 5.65 Å². The maximum absolute atomic E-state index is 12.6. The van der Waals surface area contributed by atoms with Crippen LogP contribution in [0.2, 0.25) is 0 Å². The Bertz CT molecular complexity index is 927. The molecule has 2 heterocycles. The second-order valence-corrected chi connectivity index (χ2v) is 7.04. The molecule has 0 saturated heterocycles. The molecule has 0 saturated carbocycles. The highest BCUT2D eigenvalue weighted by molar-refractivity contribution is 5.99. The molecule has 1 N–H and O–H groups in total. The Morgan fingerprint density at radius 3 is 2.88 bits per heavy atom. The molecular formula is C20H22N4O. The zero-order chi connectivity index (χ0) is 17.4. The Morgan fingerprint density at radius 1 is 1.28 bits per heavy atom. The van der Waals surface area contributed by atoms with Crippen LogP contribution in [0, 0.1) is 12.8 Å². The minimum atomic E-state index is -0.132. The Hall–Kier alpha value is -2.69. The lowest BCUT2D eigenvalue weighted by molar-refractivity contribution is 0.0952. The number of nitrogens with zero attached hydrogens (tertiary/aromatic N) is 3. The van der Waals surface area contributed by atoms with E-state index in [1.165, 1.54) is 16.8 Å². The fourth-order valence-corrected chi connectivity index (χ4v) is 3.45. The molecule has 2 aromatic heterocycles. The molecule has 0 unspecified atom stereocenters. The fourth-order valence-electron chi connectivity index (χ4n) is 3.45. The maximum Gasteiger partial charge on any atom is 0.257 e. The van der Waals surface area contributed by atoms with Crippen LogP contribution in [0.4, 0.5) is 0 Å². The van der Waals surface area contributed by atoms with E-state index in [0.717, 1.165) is 24.8 Å². The number of aryl methyl sites for hydroxylation is 2. The third kappa shape index (κ3) is 3.02. The minimum Gasteiger partial charge on any atom is -0.348 e. The number of fused-ring (bicyclic) bond motifs is 3. The molecule has 5 heteroatoms. The topological polar surface area (TPSA) is 59.3 Å². The van der Waals surface area contributed by atoms with Gasteiger partial charge < -0.3 is 5.32 Å². The molecular weight excluding hydrogens is 312 g/mol. The summed E-state index contributed by atoms with van der Waals surface area (Å²) < 4.78 is 1.85. The van der Waals surface area contributed by atoms with Crippen molar-refractivity contribution in [1.82, 2.24) is 19.9 Å². The van der Waals surface area contributed by atoms with Gasteiger partial charge in [-0.2, -0.15) is 5.10 Å². The standard InChI is InChI=1S/C20H22N4O/c1-13-3-6-15(7-4-13)10-22-20(25)17-12-23-24-18-8-5-14(2)9-16(18)11-21-19(17)24/h3-4,6-7,11-12,14H,5,8-10H2,1-2H3,(H,22,25)/t14-/m1/s1. The number of hydrogen-bond acceptors (Lipinski definition) is 3. The van der Waals surface area contributed by atoms with Gasteiger partial charge in [-0.05, 0) is 43.2 Å². The molecule has 3 aromatic rings. The van der Waals surface area contributed by atoms with Crippen LogP contribution in [0.15, 0.2) is 36.7 Å². The first-order valence-corrected chi connectivity index (χ1v) is 8.80. The van der Waals surface area contributed by atoms with Gasteiger partial charge in [-0.25, -0.2) is 9.50 Å². The molecule has 5 nitrogen and oxygen atoms in total. The first-order valence-electron chi connectivity index (χ1n) is 8.80. The number of carbonyl (C=O) groups excluding carboxylic acids is 1. The van der Waals surface area contributed by atoms with E-state index in [-0.39, 0.29) is 5.91 Å². The van der Waals surface area contributed by atoms with Crippen molar-refractivity contribution in [3.63, 3.8) is 0 Å². The zero-order valence-corrected chi connectivity index (χ0v) is 14.6. The maximum atomic E-state index is 12.6. The largest absolute Gasteiger partial charge is 0.348 e. The summed E-state index contributed by atoms with van der Waals surface area (Å²) in [5.41, 5.74) is 5.92. The lowest BCUT2D eigenvalue weighted by atomic mass is 9.89. The van der Waals surface area contributed by atoms with Gasteiger partial charge in [-0.15, -0.1) is 0 Å². The number of hydrogen-bond donors (Lipinski definition) is 1. The molecule has 128 valence electrons. The zero-order valence-electron chi connectivity index (χ0n) is 14.6. The predicted octanol–water partition coefficient (Wildman–Crippen LogP) is 3.09. The molecule has 1 aliphatic carbocycles. The summed E-state index contributed by atoms with van der Waals surface area (Å²) in [6.45, 7) is 4.81. The molecule has 0 spiro atoms. The molecule has 4 rings (SSSR count). The van der Waals surface area contributed by atoms with Gasteiger partial charge in [0.25, 0.3) is 5.91 Å². The van der Waals surface area contributed by atoms with Crippen molar-refractivity contribution in [2.45, 2.75) is 39.7 Å². The van der Waals surface area contributed by atoms with Gasteiger partial charge in [0.05, 0.1) is 6.20 Å². The van der Waals surface area contributed by atoms with Gasteiger partial charge in [-0.1, -0.05) is 36.8 Å². The molecule has 1 atom stereocenters. The summed E-state index contributed by atoms with van der Waals surface area (Å²) in [5.74, 6) is 0.548. The molecule has 1 aliphatic rings. The van der Waals surface area contributed by atoms with Crippen molar-refractivity contribution in [2.24, 2.45) is 5.92 Å². The van der Waals surface area contributed by atoms with Gasteiger partial charge >= 0.3 is 0 Å². The highest BCUT2D eigenvalue weighted by Crippen LogP contribution is 2.25. The Morgan fingerprint density at radius 2 is 2.08 bits per heavy atom. The highest BCUT2D eigenvalue weighted by Gasteiger charge is 2.21. The summed E-state index contributed by atoms with van der Waals surface area (Å²) in [7, 11) is 0. The van der Waals surface area contributed by atoms with E-state index in [1.807, 2.05) is 35.0 Å². The Kier molecular flexibility index (Phi) is 3.99. The van der Waals surface area contributed by atoms with Crippen molar-refractivity contribution < 1.29 is 4.79 Å². The van der Waals surface area contributed by atoms with E-state index >= 15 is 0 Å². The molecule has 0 bridgehead atoms. The lowest BCUT2D eigenvalue weighted by Crippen LogP contribution is -2.23. The van der Waals surface area contributed by atoms with E-state index < -0.39 is 0 Å². The summed E-state index contributed by atoms with van der Waals surface area (Å²) in [5, 5.41) is 7.41. The average molecular weight is 334 g/mol. The van der Waals surface area contributed by atoms with E-state index in [0.29, 0.717) is 23.7 Å². The monoisotopic (exact) mass is 334 g/mol. The van der Waals surface area contributed by atoms with Gasteiger partial charge in [0, 0.05) is 18.4 Å². The molecule has 25 heavy (non-hydrogen) atoms. The summed E-state index contributed by atoms with van der Waals surface area (Å²) in [6, 6.07) is 8.15. The van der Waals surface area contributed by atoms with Crippen molar-refractivity contribution in [3.05, 3.63) is 64.6 Å². The quantitative estimate of drug-likeness (QED) is 0.801. The molecule has 1 amide bonds. The number of rotatable bonds is 3. The van der Waals surface area contributed by atoms with Crippen LogP contribution >= 0.6 is 0 Å². The fraction of sp³-hybridized carbons (Fsp3) is 0.350. The minimum absolute atomic E-state index is 0.132. The normalized spacial score (nSPS) is 16.6. The van der Waals surface area contributed by atoms with Crippen LogP contribution in [0.25, 0.3) is 5.65 Å². The third-order valence-corrected chi connectivity index (χ3v) is 4.97. The number of nitrogens with one attached hydrogen (secondary N) is 1. The summed E-state index contributed by atoms with van der Waals surface area (Å²) >= 11 is 0. The first kappa shape index (κ1) is 15.8. The highest BCUT2D eigenvalue weighted by atomic mass is 16.1. The van der Waals surface area contributed by atoms with Gasteiger partial charge in [0.2, 0.25) is 0 Å². The average Bonchev–Trinajstić information content (AvgIpc) is 3.05. The summed E-state index contributed by atoms with van der Waals surface area (Å²) in [6.07, 6.45) is 6.72. The van der Waals surface area contributed by atoms with Crippen LogP contribution in [-0.2, 0) is 19.4 Å². The van der Waals surface area contributed by atoms with Crippen molar-refractivity contribution in [1.29, 1.82) is 0 Å². The number of carbonyl (C=O) groups is 1. The smallest absolute Gasteiger partial charge is 0.257 e. The van der Waals surface area contributed by atoms with Crippen LogP contribution in [0.5, 0.6) is 0 Å². The SMILES string of the molecule is Cc1ccc(CNC(=O)c2cnn3c4c(cnc23)C[C@H](C)CC4)cc1. The molecule has 0 radical (unpaired) electrons. The number of benzene rings is 1. The Labute approximate surface area is 147 Å². The van der Waals surface area contributed by atoms with Gasteiger partial charge in [-0.3, -0.25) is 4.79 Å². The van der Waals surface area contributed by atoms with Crippen LogP contribution < -0.4 is 5.32 Å². The van der Waals surface area contributed by atoms with Gasteiger partial charge in [0.1, 0.15) is 5.56 Å². The van der Waals surface area contributed by atoms with E-state index in [4.69, 9.17) is 0 Å².